The van der Waals surface area contributed by atoms with Crippen molar-refractivity contribution in [3.8, 4) is 0 Å². The maximum absolute atomic E-state index is 11.9. The van der Waals surface area contributed by atoms with E-state index >= 15 is 0 Å². The second-order valence-electron chi connectivity index (χ2n) is 3.59. The molecule has 0 heterocycles. The van der Waals surface area contributed by atoms with Gasteiger partial charge in [0.1, 0.15) is 5.78 Å². The molecule has 1 saturated carbocycles. The minimum atomic E-state index is -1.82. The highest BCUT2D eigenvalue weighted by atomic mass is 16.1. The van der Waals surface area contributed by atoms with Crippen molar-refractivity contribution < 1.29 is 8.91 Å². The molecule has 1 aliphatic rings. The highest BCUT2D eigenvalue weighted by Crippen LogP contribution is 2.29. The van der Waals surface area contributed by atoms with Crippen molar-refractivity contribution >= 4 is 5.78 Å². The molecular formula is C10H18O. The van der Waals surface area contributed by atoms with E-state index in [1.807, 2.05) is 13.8 Å². The summed E-state index contributed by atoms with van der Waals surface area (Å²) >= 11 is 0. The third-order valence-corrected chi connectivity index (χ3v) is 2.21. The summed E-state index contributed by atoms with van der Waals surface area (Å²) in [5.74, 6) is -2.11. The van der Waals surface area contributed by atoms with Crippen molar-refractivity contribution in [2.24, 2.45) is 17.7 Å². The first-order chi connectivity index (χ1) is 6.23. The van der Waals surface area contributed by atoms with Crippen LogP contribution in [0, 0.1) is 17.7 Å². The molecule has 0 bridgehead atoms. The molecule has 0 radical (unpaired) electrons. The van der Waals surface area contributed by atoms with Gasteiger partial charge in [-0.05, 0) is 24.7 Å². The fourth-order valence-electron chi connectivity index (χ4n) is 1.43. The summed E-state index contributed by atoms with van der Waals surface area (Å²) in [5.41, 5.74) is 0. The van der Waals surface area contributed by atoms with Crippen LogP contribution in [0.3, 0.4) is 0 Å². The second-order valence-corrected chi connectivity index (χ2v) is 3.59. The van der Waals surface area contributed by atoms with Crippen molar-refractivity contribution in [2.75, 3.05) is 0 Å². The monoisotopic (exact) mass is 157 g/mol. The molecule has 0 aliphatic heterocycles. The molecule has 0 spiro atoms. The average Bonchev–Trinajstić information content (AvgIpc) is 2.09. The lowest BCUT2D eigenvalue weighted by atomic mass is 9.77. The fraction of sp³-hybridized carbons (Fsp3) is 0.900. The number of carbonyl (C=O) groups is 1. The van der Waals surface area contributed by atoms with Gasteiger partial charge in [-0.25, -0.2) is 0 Å². The van der Waals surface area contributed by atoms with Crippen molar-refractivity contribution in [1.29, 1.82) is 0 Å². The smallest absolute Gasteiger partial charge is 0.136 e. The van der Waals surface area contributed by atoms with Crippen LogP contribution < -0.4 is 0 Å². The van der Waals surface area contributed by atoms with Gasteiger partial charge in [0.15, 0.2) is 0 Å². The molecule has 64 valence electrons. The molecule has 1 fully saturated rings. The van der Waals surface area contributed by atoms with Gasteiger partial charge in [0, 0.05) is 16.4 Å². The van der Waals surface area contributed by atoms with Crippen LogP contribution in [0.1, 0.15) is 44.1 Å². The van der Waals surface area contributed by atoms with Crippen LogP contribution in [0.25, 0.3) is 0 Å². The van der Waals surface area contributed by atoms with Crippen LogP contribution in [-0.4, -0.2) is 5.78 Å². The zero-order valence-corrected chi connectivity index (χ0v) is 7.48. The Balaban J connectivity index is 3.02. The van der Waals surface area contributed by atoms with Crippen LogP contribution in [0.5, 0.6) is 0 Å². The maximum atomic E-state index is 11.9. The molecule has 2 atom stereocenters. The number of hydrogen-bond acceptors (Lipinski definition) is 1. The Hall–Kier alpha value is -0.330. The molecule has 0 aromatic rings. The summed E-state index contributed by atoms with van der Waals surface area (Å²) < 4.78 is 23.4. The minimum Gasteiger partial charge on any atom is -0.299 e. The largest absolute Gasteiger partial charge is 0.299 e. The van der Waals surface area contributed by atoms with Crippen LogP contribution in [-0.2, 0) is 4.79 Å². The van der Waals surface area contributed by atoms with E-state index in [1.165, 1.54) is 0 Å². The Morgan fingerprint density at radius 2 is 2.27 bits per heavy atom. The van der Waals surface area contributed by atoms with Gasteiger partial charge in [-0.1, -0.05) is 20.8 Å². The van der Waals surface area contributed by atoms with Crippen molar-refractivity contribution in [3.05, 3.63) is 0 Å². The first-order valence-electron chi connectivity index (χ1n) is 5.78. The number of hydrogen-bond donors (Lipinski definition) is 0. The predicted octanol–water partition coefficient (Wildman–Crippen LogP) is 2.65. The van der Waals surface area contributed by atoms with Gasteiger partial charge in [-0.15, -0.1) is 0 Å². The van der Waals surface area contributed by atoms with Gasteiger partial charge in [-0.2, -0.15) is 0 Å². The lowest BCUT2D eigenvalue weighted by Gasteiger charge is -2.27. The zero-order valence-electron chi connectivity index (χ0n) is 10.5. The lowest BCUT2D eigenvalue weighted by Crippen LogP contribution is -2.27. The topological polar surface area (TPSA) is 17.1 Å². The SMILES string of the molecule is [2H]C1([2H])C(=O)C([2H])(C(C)C)CCC1C. The van der Waals surface area contributed by atoms with Gasteiger partial charge in [0.2, 0.25) is 0 Å². The summed E-state index contributed by atoms with van der Waals surface area (Å²) in [7, 11) is 0. The lowest BCUT2D eigenvalue weighted by molar-refractivity contribution is -0.127. The molecule has 1 nitrogen and oxygen atoms in total. The highest BCUT2D eigenvalue weighted by molar-refractivity contribution is 5.82. The number of Topliss-reactive ketones (excluding diaryl/α,β-unsaturated/α-hetero) is 1. The standard InChI is InChI=1S/C10H18O/c1-7(2)9-5-4-8(3)6-10(9)11/h7-9H,4-6H2,1-3H3/i6D2,9D. The third-order valence-electron chi connectivity index (χ3n) is 2.21. The van der Waals surface area contributed by atoms with Crippen LogP contribution >= 0.6 is 0 Å². The summed E-state index contributed by atoms with van der Waals surface area (Å²) in [6.07, 6.45) is -0.700. The minimum absolute atomic E-state index is 0.113. The summed E-state index contributed by atoms with van der Waals surface area (Å²) in [5, 5.41) is 0. The van der Waals surface area contributed by atoms with E-state index in [9.17, 15) is 4.79 Å². The quantitative estimate of drug-likeness (QED) is 0.572. The second kappa shape index (κ2) is 3.38. The average molecular weight is 157 g/mol. The van der Waals surface area contributed by atoms with E-state index in [1.54, 1.807) is 6.92 Å². The molecule has 0 amide bonds. The summed E-state index contributed by atoms with van der Waals surface area (Å²) in [6.45, 7) is 5.38. The van der Waals surface area contributed by atoms with Gasteiger partial charge < -0.3 is 0 Å². The normalized spacial score (nSPS) is 48.2. The molecule has 1 aliphatic carbocycles. The Morgan fingerprint density at radius 3 is 2.82 bits per heavy atom. The Kier molecular flexibility index (Phi) is 1.64. The van der Waals surface area contributed by atoms with Gasteiger partial charge in [0.25, 0.3) is 0 Å². The Labute approximate surface area is 73.4 Å². The molecule has 11 heavy (non-hydrogen) atoms. The number of rotatable bonds is 1. The maximum Gasteiger partial charge on any atom is 0.136 e. The highest BCUT2D eigenvalue weighted by Gasteiger charge is 2.27. The van der Waals surface area contributed by atoms with Crippen molar-refractivity contribution in [2.45, 2.75) is 40.0 Å². The first kappa shape index (κ1) is 5.34. The first-order valence-corrected chi connectivity index (χ1v) is 4.28. The van der Waals surface area contributed by atoms with Crippen molar-refractivity contribution in [3.63, 3.8) is 0 Å². The van der Waals surface area contributed by atoms with Gasteiger partial charge >= 0.3 is 0 Å². The fourth-order valence-corrected chi connectivity index (χ4v) is 1.43. The molecule has 1 heteroatoms. The molecule has 0 aromatic carbocycles. The zero-order chi connectivity index (χ0) is 11.1. The van der Waals surface area contributed by atoms with E-state index in [4.69, 9.17) is 4.11 Å². The Bertz CT molecular complexity index is 250. The molecule has 2 unspecified atom stereocenters. The van der Waals surface area contributed by atoms with E-state index < -0.39 is 18.1 Å². The molecule has 0 N–H and O–H groups in total. The third kappa shape index (κ3) is 2.05. The number of ketones is 1. The summed E-state index contributed by atoms with van der Waals surface area (Å²) in [6, 6.07) is 0. The van der Waals surface area contributed by atoms with Crippen molar-refractivity contribution in [1.82, 2.24) is 0 Å². The predicted molar refractivity (Wildman–Crippen MR) is 46.4 cm³/mol. The Morgan fingerprint density at radius 1 is 1.64 bits per heavy atom. The van der Waals surface area contributed by atoms with Gasteiger partial charge in [-0.3, -0.25) is 4.79 Å². The molecule has 1 rings (SSSR count). The number of carbonyl (C=O) groups excluding carboxylic acids is 1. The summed E-state index contributed by atoms with van der Waals surface area (Å²) in [4.78, 5) is 11.9. The molecule has 0 aromatic heterocycles. The van der Waals surface area contributed by atoms with Crippen LogP contribution in [0.15, 0.2) is 0 Å². The van der Waals surface area contributed by atoms with Crippen LogP contribution in [0.4, 0.5) is 0 Å². The molecular weight excluding hydrogens is 136 g/mol. The molecule has 0 saturated heterocycles. The van der Waals surface area contributed by atoms with E-state index in [-0.39, 0.29) is 11.8 Å². The van der Waals surface area contributed by atoms with Gasteiger partial charge in [0.05, 0.1) is 0 Å². The van der Waals surface area contributed by atoms with E-state index in [0.717, 1.165) is 0 Å². The van der Waals surface area contributed by atoms with Crippen LogP contribution in [0.2, 0.25) is 0 Å². The van der Waals surface area contributed by atoms with E-state index in [2.05, 4.69) is 0 Å². The van der Waals surface area contributed by atoms with E-state index in [0.29, 0.717) is 12.8 Å².